The van der Waals surface area contributed by atoms with Crippen LogP contribution in [0.15, 0.2) is 23.8 Å². The quantitative estimate of drug-likeness (QED) is 0.306. The van der Waals surface area contributed by atoms with Crippen molar-refractivity contribution in [2.75, 3.05) is 13.2 Å². The Bertz CT molecular complexity index is 762. The number of aryl methyl sites for hydroxylation is 1. The van der Waals surface area contributed by atoms with Crippen LogP contribution in [-0.4, -0.2) is 24.8 Å². The van der Waals surface area contributed by atoms with Crippen LogP contribution >= 0.6 is 0 Å². The molecule has 0 radical (unpaired) electrons. The fourth-order valence-electron chi connectivity index (χ4n) is 4.74. The molecule has 2 aliphatic rings. The molecule has 1 aliphatic carbocycles. The van der Waals surface area contributed by atoms with Crippen LogP contribution in [0.25, 0.3) is 0 Å². The lowest BCUT2D eigenvalue weighted by Crippen LogP contribution is -2.45. The highest BCUT2D eigenvalue weighted by molar-refractivity contribution is 5.71. The average Bonchev–Trinajstić information content (AvgIpc) is 2.65. The number of carbonyl (C=O) groups excluding carboxylic acids is 1. The van der Waals surface area contributed by atoms with Gasteiger partial charge >= 0.3 is 5.97 Å². The van der Waals surface area contributed by atoms with Crippen molar-refractivity contribution in [2.24, 2.45) is 5.92 Å². The number of ether oxygens (including phenoxy) is 3. The predicted octanol–water partition coefficient (Wildman–Crippen LogP) is 5.97. The largest absolute Gasteiger partial charge is 0.487 e. The number of hydrogen-bond donors (Lipinski definition) is 0. The SMILES string of the molecule is CCCCCc1cc(OCC(=O)OCC)c2c(c1)OC(C)(C)C1CCC(C)=C[C@@H]21. The molecule has 0 bridgehead atoms. The van der Waals surface area contributed by atoms with Crippen molar-refractivity contribution in [1.82, 2.24) is 0 Å². The van der Waals surface area contributed by atoms with Gasteiger partial charge in [-0.1, -0.05) is 31.4 Å². The molecule has 4 heteroatoms. The second-order valence-corrected chi connectivity index (χ2v) is 8.95. The molecule has 0 amide bonds. The third kappa shape index (κ3) is 4.96. The highest BCUT2D eigenvalue weighted by Crippen LogP contribution is 2.53. The van der Waals surface area contributed by atoms with Gasteiger partial charge in [-0.05, 0) is 71.1 Å². The van der Waals surface area contributed by atoms with Crippen molar-refractivity contribution in [3.05, 3.63) is 34.9 Å². The maximum atomic E-state index is 11.9. The summed E-state index contributed by atoms with van der Waals surface area (Å²) in [6.07, 6.45) is 9.12. The van der Waals surface area contributed by atoms with Gasteiger partial charge in [0.05, 0.1) is 6.61 Å². The summed E-state index contributed by atoms with van der Waals surface area (Å²) in [5.41, 5.74) is 3.49. The predicted molar refractivity (Wildman–Crippen MR) is 116 cm³/mol. The van der Waals surface area contributed by atoms with E-state index in [-0.39, 0.29) is 24.1 Å². The van der Waals surface area contributed by atoms with E-state index in [1.807, 2.05) is 6.92 Å². The van der Waals surface area contributed by atoms with E-state index >= 15 is 0 Å². The van der Waals surface area contributed by atoms with E-state index in [1.54, 1.807) is 0 Å². The third-order valence-corrected chi connectivity index (χ3v) is 6.23. The van der Waals surface area contributed by atoms with Gasteiger partial charge in [-0.15, -0.1) is 0 Å². The van der Waals surface area contributed by atoms with E-state index in [9.17, 15) is 4.79 Å². The Hall–Kier alpha value is -1.97. The first kappa shape index (κ1) is 21.7. The maximum Gasteiger partial charge on any atom is 0.344 e. The van der Waals surface area contributed by atoms with E-state index in [4.69, 9.17) is 14.2 Å². The Labute approximate surface area is 175 Å². The summed E-state index contributed by atoms with van der Waals surface area (Å²) in [7, 11) is 0. The molecular formula is C25H36O4. The van der Waals surface area contributed by atoms with Crippen LogP contribution in [0.2, 0.25) is 0 Å². The average molecular weight is 401 g/mol. The second kappa shape index (κ2) is 9.23. The fraction of sp³-hybridized carbons (Fsp3) is 0.640. The second-order valence-electron chi connectivity index (χ2n) is 8.95. The summed E-state index contributed by atoms with van der Waals surface area (Å²) in [5.74, 6) is 2.01. The molecule has 3 rings (SSSR count). The molecule has 160 valence electrons. The molecule has 0 fully saturated rings. The Morgan fingerprint density at radius 3 is 2.76 bits per heavy atom. The minimum absolute atomic E-state index is 0.0673. The summed E-state index contributed by atoms with van der Waals surface area (Å²) in [6.45, 7) is 10.9. The molecule has 0 saturated heterocycles. The summed E-state index contributed by atoms with van der Waals surface area (Å²) in [5, 5.41) is 0. The number of unbranched alkanes of at least 4 members (excludes halogenated alkanes) is 2. The zero-order chi connectivity index (χ0) is 21.0. The van der Waals surface area contributed by atoms with Crippen LogP contribution in [0.4, 0.5) is 0 Å². The van der Waals surface area contributed by atoms with Gasteiger partial charge in [0.1, 0.15) is 17.1 Å². The van der Waals surface area contributed by atoms with Gasteiger partial charge in [-0.25, -0.2) is 4.79 Å². The first-order chi connectivity index (χ1) is 13.9. The lowest BCUT2D eigenvalue weighted by atomic mass is 9.68. The van der Waals surface area contributed by atoms with Gasteiger partial charge in [0.25, 0.3) is 0 Å². The fourth-order valence-corrected chi connectivity index (χ4v) is 4.74. The molecular weight excluding hydrogens is 364 g/mol. The van der Waals surface area contributed by atoms with Crippen LogP contribution in [-0.2, 0) is 16.0 Å². The van der Waals surface area contributed by atoms with Crippen LogP contribution < -0.4 is 9.47 Å². The standard InChI is InChI=1S/C25H36O4/c1-6-8-9-10-18-14-21(28-16-23(26)27-7-2)24-19-13-17(3)11-12-20(19)25(4,5)29-22(24)15-18/h13-15,19-20H,6-12,16H2,1-5H3/t19-,20?/m1/s1. The molecule has 1 aromatic carbocycles. The Morgan fingerprint density at radius 1 is 1.24 bits per heavy atom. The molecule has 1 heterocycles. The van der Waals surface area contributed by atoms with Gasteiger partial charge in [0.15, 0.2) is 6.61 Å². The molecule has 0 aromatic heterocycles. The summed E-state index contributed by atoms with van der Waals surface area (Å²) in [4.78, 5) is 11.9. The highest BCUT2D eigenvalue weighted by Gasteiger charge is 2.45. The number of esters is 1. The molecule has 1 aromatic rings. The monoisotopic (exact) mass is 400 g/mol. The van der Waals surface area contributed by atoms with Crippen molar-refractivity contribution in [3.63, 3.8) is 0 Å². The van der Waals surface area contributed by atoms with Gasteiger partial charge in [0.2, 0.25) is 0 Å². The van der Waals surface area contributed by atoms with E-state index in [2.05, 4.69) is 45.9 Å². The molecule has 29 heavy (non-hydrogen) atoms. The number of fused-ring (bicyclic) bond motifs is 3. The summed E-state index contributed by atoms with van der Waals surface area (Å²) >= 11 is 0. The third-order valence-electron chi connectivity index (χ3n) is 6.23. The Kier molecular flexibility index (Phi) is 6.92. The molecule has 1 unspecified atom stereocenters. The first-order valence-corrected chi connectivity index (χ1v) is 11.2. The zero-order valence-corrected chi connectivity index (χ0v) is 18.7. The lowest BCUT2D eigenvalue weighted by molar-refractivity contribution is -0.145. The zero-order valence-electron chi connectivity index (χ0n) is 18.7. The van der Waals surface area contributed by atoms with E-state index in [0.29, 0.717) is 12.5 Å². The molecule has 4 nitrogen and oxygen atoms in total. The molecule has 2 atom stereocenters. The van der Waals surface area contributed by atoms with Gasteiger partial charge in [-0.2, -0.15) is 0 Å². The van der Waals surface area contributed by atoms with Gasteiger partial charge < -0.3 is 14.2 Å². The topological polar surface area (TPSA) is 44.8 Å². The van der Waals surface area contributed by atoms with Crippen LogP contribution in [0.5, 0.6) is 11.5 Å². The number of rotatable bonds is 8. The normalized spacial score (nSPS) is 22.0. The summed E-state index contributed by atoms with van der Waals surface area (Å²) in [6, 6.07) is 4.31. The van der Waals surface area contributed by atoms with Gasteiger partial charge in [-0.3, -0.25) is 0 Å². The van der Waals surface area contributed by atoms with Crippen molar-refractivity contribution < 1.29 is 19.0 Å². The minimum Gasteiger partial charge on any atom is -0.487 e. The van der Waals surface area contributed by atoms with E-state index in [0.717, 1.165) is 42.7 Å². The molecule has 1 aliphatic heterocycles. The molecule has 0 saturated carbocycles. The lowest BCUT2D eigenvalue weighted by Gasteiger charge is -2.46. The molecule has 0 spiro atoms. The number of allylic oxidation sites excluding steroid dienone is 2. The maximum absolute atomic E-state index is 11.9. The van der Waals surface area contributed by atoms with Crippen LogP contribution in [0.1, 0.15) is 83.8 Å². The van der Waals surface area contributed by atoms with Crippen LogP contribution in [0.3, 0.4) is 0 Å². The highest BCUT2D eigenvalue weighted by atomic mass is 16.6. The number of hydrogen-bond acceptors (Lipinski definition) is 4. The van der Waals surface area contributed by atoms with Gasteiger partial charge in [0, 0.05) is 17.4 Å². The smallest absolute Gasteiger partial charge is 0.344 e. The van der Waals surface area contributed by atoms with Crippen molar-refractivity contribution >= 4 is 5.97 Å². The first-order valence-electron chi connectivity index (χ1n) is 11.2. The molecule has 0 N–H and O–H groups in total. The Morgan fingerprint density at radius 2 is 2.03 bits per heavy atom. The van der Waals surface area contributed by atoms with Crippen molar-refractivity contribution in [1.29, 1.82) is 0 Å². The number of carbonyl (C=O) groups is 1. The van der Waals surface area contributed by atoms with Crippen molar-refractivity contribution in [2.45, 2.75) is 84.7 Å². The van der Waals surface area contributed by atoms with E-state index in [1.165, 1.54) is 24.0 Å². The van der Waals surface area contributed by atoms with Crippen molar-refractivity contribution in [3.8, 4) is 11.5 Å². The number of benzene rings is 1. The Balaban J connectivity index is 1.99. The summed E-state index contributed by atoms with van der Waals surface area (Å²) < 4.78 is 17.6. The van der Waals surface area contributed by atoms with Crippen LogP contribution in [0, 0.1) is 5.92 Å². The van der Waals surface area contributed by atoms with E-state index < -0.39 is 0 Å². The minimum atomic E-state index is -0.332.